The van der Waals surface area contributed by atoms with Gasteiger partial charge in [-0.15, -0.1) is 0 Å². The molecule has 0 aromatic heterocycles. The average molecular weight is 478 g/mol. The van der Waals surface area contributed by atoms with Crippen LogP contribution in [-0.4, -0.2) is 85.4 Å². The largest absolute Gasteiger partial charge is 0.494 e. The summed E-state index contributed by atoms with van der Waals surface area (Å²) < 4.78 is 5.57. The second kappa shape index (κ2) is 14.4. The van der Waals surface area contributed by atoms with Crippen LogP contribution in [0.5, 0.6) is 5.75 Å². The van der Waals surface area contributed by atoms with E-state index in [0.29, 0.717) is 43.9 Å². The number of amides is 2. The number of anilines is 1. The molecule has 2 atom stereocenters. The van der Waals surface area contributed by atoms with Gasteiger partial charge in [0.25, 0.3) is 5.91 Å². The Kier molecular flexibility index (Phi) is 11.6. The lowest BCUT2D eigenvalue weighted by atomic mass is 10.2. The van der Waals surface area contributed by atoms with Crippen LogP contribution in [0.15, 0.2) is 24.3 Å². The number of ether oxygens (including phenoxy) is 1. The maximum absolute atomic E-state index is 13.4. The molecule has 1 saturated heterocycles. The van der Waals surface area contributed by atoms with Crippen LogP contribution in [0.25, 0.3) is 0 Å². The molecule has 0 aliphatic carbocycles. The molecule has 0 radical (unpaired) electrons. The van der Waals surface area contributed by atoms with Crippen molar-refractivity contribution in [3.63, 3.8) is 0 Å². The van der Waals surface area contributed by atoms with Gasteiger partial charge in [-0.3, -0.25) is 19.7 Å². The molecule has 0 saturated carbocycles. The van der Waals surface area contributed by atoms with Crippen LogP contribution in [0.4, 0.5) is 5.69 Å². The summed E-state index contributed by atoms with van der Waals surface area (Å²) in [6.45, 7) is 4.44. The lowest BCUT2D eigenvalue weighted by molar-refractivity contribution is -0.138. The van der Waals surface area contributed by atoms with Crippen LogP contribution >= 0.6 is 0 Å². The summed E-state index contributed by atoms with van der Waals surface area (Å²) in [5.74, 6) is -0.605. The summed E-state index contributed by atoms with van der Waals surface area (Å²) in [5, 5.41) is 18.1. The van der Waals surface area contributed by atoms with E-state index >= 15 is 0 Å². The third-order valence-electron chi connectivity index (χ3n) is 5.56. The molecule has 1 aromatic carbocycles. The second-order valence-electron chi connectivity index (χ2n) is 8.66. The van der Waals surface area contributed by atoms with E-state index in [1.807, 2.05) is 25.9 Å². The summed E-state index contributed by atoms with van der Waals surface area (Å²) in [5.41, 5.74) is 0.667. The van der Waals surface area contributed by atoms with Crippen molar-refractivity contribution in [3.05, 3.63) is 24.3 Å². The lowest BCUT2D eigenvalue weighted by Gasteiger charge is -2.32. The highest BCUT2D eigenvalue weighted by Crippen LogP contribution is 2.18. The molecule has 34 heavy (non-hydrogen) atoms. The smallest absolute Gasteiger partial charge is 0.303 e. The zero-order valence-corrected chi connectivity index (χ0v) is 20.5. The number of carboxylic acids is 1. The summed E-state index contributed by atoms with van der Waals surface area (Å²) in [4.78, 5) is 40.4. The summed E-state index contributed by atoms with van der Waals surface area (Å²) in [6, 6.07) is 7.05. The first-order valence-corrected chi connectivity index (χ1v) is 12.0. The topological polar surface area (TPSA) is 123 Å². The number of aliphatic carboxylic acids is 1. The fraction of sp³-hybridized carbons (Fsp3) is 0.625. The van der Waals surface area contributed by atoms with E-state index in [4.69, 9.17) is 9.84 Å². The van der Waals surface area contributed by atoms with Gasteiger partial charge in [-0.2, -0.15) is 0 Å². The standard InChI is InChI=1S/C24H39N5O5/c1-4-29(20-8-5-15-25-20)24(33)23(27-21(30)9-6-16-28(2)3)26-18-11-13-19(14-12-18)34-17-7-10-22(31)32/h11-14,20,23,25-26H,4-10,15-17H2,1-3H3,(H,27,30)(H,31,32). The minimum Gasteiger partial charge on any atom is -0.494 e. The maximum Gasteiger partial charge on any atom is 0.303 e. The monoisotopic (exact) mass is 477 g/mol. The Hall–Kier alpha value is -2.85. The third kappa shape index (κ3) is 9.56. The number of carbonyl (C=O) groups is 3. The molecule has 4 N–H and O–H groups in total. The van der Waals surface area contributed by atoms with Gasteiger partial charge in [0.05, 0.1) is 12.8 Å². The van der Waals surface area contributed by atoms with E-state index in [0.717, 1.165) is 25.9 Å². The van der Waals surface area contributed by atoms with Gasteiger partial charge in [0.15, 0.2) is 6.17 Å². The van der Waals surface area contributed by atoms with Crippen molar-refractivity contribution in [3.8, 4) is 5.75 Å². The van der Waals surface area contributed by atoms with Gasteiger partial charge >= 0.3 is 5.97 Å². The Morgan fingerprint density at radius 2 is 1.91 bits per heavy atom. The maximum atomic E-state index is 13.4. The highest BCUT2D eigenvalue weighted by atomic mass is 16.5. The summed E-state index contributed by atoms with van der Waals surface area (Å²) >= 11 is 0. The Bertz CT molecular complexity index is 780. The van der Waals surface area contributed by atoms with Crippen LogP contribution < -0.4 is 20.7 Å². The van der Waals surface area contributed by atoms with Gasteiger partial charge in [0.1, 0.15) is 5.75 Å². The third-order valence-corrected chi connectivity index (χ3v) is 5.56. The first-order valence-electron chi connectivity index (χ1n) is 12.0. The highest BCUT2D eigenvalue weighted by Gasteiger charge is 2.31. The summed E-state index contributed by atoms with van der Waals surface area (Å²) in [6.07, 6.45) is 2.49. The molecule has 1 fully saturated rings. The number of rotatable bonds is 15. The number of carbonyl (C=O) groups excluding carboxylic acids is 2. The van der Waals surface area contributed by atoms with Crippen molar-refractivity contribution >= 4 is 23.5 Å². The molecule has 1 heterocycles. The first kappa shape index (κ1) is 27.4. The molecule has 1 aliphatic heterocycles. The molecule has 10 heteroatoms. The van der Waals surface area contributed by atoms with Crippen molar-refractivity contribution in [1.82, 2.24) is 20.4 Å². The van der Waals surface area contributed by atoms with Crippen LogP contribution in [0.1, 0.15) is 45.4 Å². The van der Waals surface area contributed by atoms with Crippen LogP contribution in [0.3, 0.4) is 0 Å². The van der Waals surface area contributed by atoms with Crippen molar-refractivity contribution in [2.75, 3.05) is 45.7 Å². The number of likely N-dealkylation sites (N-methyl/N-ethyl adjacent to an activating group) is 1. The van der Waals surface area contributed by atoms with E-state index in [1.165, 1.54) is 0 Å². The van der Waals surface area contributed by atoms with Gasteiger partial charge in [-0.1, -0.05) is 0 Å². The molecule has 1 aromatic rings. The second-order valence-corrected chi connectivity index (χ2v) is 8.66. The highest BCUT2D eigenvalue weighted by molar-refractivity contribution is 5.89. The molecule has 2 amide bonds. The van der Waals surface area contributed by atoms with E-state index in [-0.39, 0.29) is 24.4 Å². The Morgan fingerprint density at radius 1 is 1.18 bits per heavy atom. The van der Waals surface area contributed by atoms with Crippen LogP contribution in [0.2, 0.25) is 0 Å². The Labute approximate surface area is 202 Å². The molecule has 0 bridgehead atoms. The predicted molar refractivity (Wildman–Crippen MR) is 131 cm³/mol. The number of hydrogen-bond donors (Lipinski definition) is 4. The fourth-order valence-corrected chi connectivity index (χ4v) is 3.80. The van der Waals surface area contributed by atoms with Crippen molar-refractivity contribution in [1.29, 1.82) is 0 Å². The fourth-order valence-electron chi connectivity index (χ4n) is 3.80. The number of nitrogens with zero attached hydrogens (tertiary/aromatic N) is 2. The van der Waals surface area contributed by atoms with Gasteiger partial charge in [-0.05, 0) is 84.1 Å². The minimum absolute atomic E-state index is 0.0333. The minimum atomic E-state index is -0.892. The van der Waals surface area contributed by atoms with Crippen molar-refractivity contribution in [2.45, 2.75) is 57.8 Å². The Balaban J connectivity index is 2.03. The molecule has 2 rings (SSSR count). The molecule has 1 aliphatic rings. The van der Waals surface area contributed by atoms with E-state index in [9.17, 15) is 14.4 Å². The SMILES string of the molecule is CCN(C(=O)C(NC(=O)CCCN(C)C)Nc1ccc(OCCCC(=O)O)cc1)C1CCCN1. The number of carboxylic acid groups (broad SMARTS) is 1. The van der Waals surface area contributed by atoms with Gasteiger partial charge in [-0.25, -0.2) is 0 Å². The summed E-state index contributed by atoms with van der Waals surface area (Å²) in [7, 11) is 3.91. The van der Waals surface area contributed by atoms with E-state index < -0.39 is 12.1 Å². The number of benzene rings is 1. The van der Waals surface area contributed by atoms with Crippen LogP contribution in [0, 0.1) is 0 Å². The molecule has 10 nitrogen and oxygen atoms in total. The Morgan fingerprint density at radius 3 is 2.50 bits per heavy atom. The molecule has 0 spiro atoms. The number of nitrogens with one attached hydrogen (secondary N) is 3. The lowest BCUT2D eigenvalue weighted by Crippen LogP contribution is -2.57. The first-order chi connectivity index (χ1) is 16.3. The van der Waals surface area contributed by atoms with E-state index in [1.54, 1.807) is 29.2 Å². The predicted octanol–water partition coefficient (Wildman–Crippen LogP) is 1.68. The average Bonchev–Trinajstić information content (AvgIpc) is 3.32. The zero-order chi connectivity index (χ0) is 24.9. The van der Waals surface area contributed by atoms with Crippen molar-refractivity contribution in [2.24, 2.45) is 0 Å². The molecule has 190 valence electrons. The van der Waals surface area contributed by atoms with Crippen molar-refractivity contribution < 1.29 is 24.2 Å². The van der Waals surface area contributed by atoms with Gasteiger partial charge in [0, 0.05) is 25.1 Å². The molecular weight excluding hydrogens is 438 g/mol. The quantitative estimate of drug-likeness (QED) is 0.222. The molecule has 2 unspecified atom stereocenters. The molecular formula is C24H39N5O5. The van der Waals surface area contributed by atoms with E-state index in [2.05, 4.69) is 16.0 Å². The van der Waals surface area contributed by atoms with Crippen LogP contribution in [-0.2, 0) is 14.4 Å². The zero-order valence-electron chi connectivity index (χ0n) is 20.5. The van der Waals surface area contributed by atoms with Gasteiger partial charge < -0.3 is 30.3 Å². The number of hydrogen-bond acceptors (Lipinski definition) is 7. The normalized spacial score (nSPS) is 16.2. The van der Waals surface area contributed by atoms with Gasteiger partial charge in [0.2, 0.25) is 5.91 Å².